The van der Waals surface area contributed by atoms with Gasteiger partial charge in [-0.3, -0.25) is 0 Å². The maximum atomic E-state index is 5.95. The van der Waals surface area contributed by atoms with Crippen molar-refractivity contribution in [2.75, 3.05) is 7.11 Å². The Bertz CT molecular complexity index is 588. The fourth-order valence-corrected chi connectivity index (χ4v) is 2.15. The van der Waals surface area contributed by atoms with Crippen LogP contribution in [0.2, 0.25) is 0 Å². The molecule has 1 aromatic carbocycles. The van der Waals surface area contributed by atoms with E-state index < -0.39 is 0 Å². The Morgan fingerprint density at radius 1 is 1.30 bits per heavy atom. The van der Waals surface area contributed by atoms with Gasteiger partial charge in [0.25, 0.3) is 0 Å². The number of rotatable bonds is 5. The standard InChI is InChI=1S/C15H17BrN2O2/c1-10(17)13-7-6-11(16)8-14(13)20-9-12-4-3-5-15(18-12)19-2/h3-8,10H,9,17H2,1-2H3/t10-/m0/s1. The first-order valence-corrected chi connectivity index (χ1v) is 7.07. The van der Waals surface area contributed by atoms with Crippen molar-refractivity contribution in [3.8, 4) is 11.6 Å². The van der Waals surface area contributed by atoms with E-state index in [1.165, 1.54) is 0 Å². The van der Waals surface area contributed by atoms with E-state index >= 15 is 0 Å². The molecular weight excluding hydrogens is 320 g/mol. The largest absolute Gasteiger partial charge is 0.487 e. The summed E-state index contributed by atoms with van der Waals surface area (Å²) >= 11 is 3.44. The minimum absolute atomic E-state index is 0.0867. The average molecular weight is 337 g/mol. The first kappa shape index (κ1) is 14.8. The van der Waals surface area contributed by atoms with Crippen LogP contribution in [0.3, 0.4) is 0 Å². The van der Waals surface area contributed by atoms with Crippen LogP contribution in [0.15, 0.2) is 40.9 Å². The van der Waals surface area contributed by atoms with E-state index in [9.17, 15) is 0 Å². The summed E-state index contributed by atoms with van der Waals surface area (Å²) in [5.41, 5.74) is 7.72. The van der Waals surface area contributed by atoms with E-state index in [4.69, 9.17) is 15.2 Å². The minimum atomic E-state index is -0.0867. The van der Waals surface area contributed by atoms with Crippen molar-refractivity contribution in [2.45, 2.75) is 19.6 Å². The van der Waals surface area contributed by atoms with Crippen LogP contribution in [-0.2, 0) is 6.61 Å². The Morgan fingerprint density at radius 2 is 2.10 bits per heavy atom. The monoisotopic (exact) mass is 336 g/mol. The van der Waals surface area contributed by atoms with Crippen molar-refractivity contribution in [1.29, 1.82) is 0 Å². The van der Waals surface area contributed by atoms with E-state index in [1.807, 2.05) is 37.3 Å². The number of hydrogen-bond acceptors (Lipinski definition) is 4. The number of halogens is 1. The smallest absolute Gasteiger partial charge is 0.213 e. The van der Waals surface area contributed by atoms with Gasteiger partial charge in [0.1, 0.15) is 12.4 Å². The molecule has 1 heterocycles. The van der Waals surface area contributed by atoms with E-state index in [1.54, 1.807) is 13.2 Å². The zero-order valence-corrected chi connectivity index (χ0v) is 13.1. The molecule has 0 fully saturated rings. The van der Waals surface area contributed by atoms with Crippen LogP contribution in [0.5, 0.6) is 11.6 Å². The summed E-state index contributed by atoms with van der Waals surface area (Å²) in [7, 11) is 1.59. The topological polar surface area (TPSA) is 57.4 Å². The lowest BCUT2D eigenvalue weighted by Gasteiger charge is -2.14. The lowest BCUT2D eigenvalue weighted by atomic mass is 10.1. The first-order valence-electron chi connectivity index (χ1n) is 6.28. The summed E-state index contributed by atoms with van der Waals surface area (Å²) in [6.07, 6.45) is 0. The molecule has 0 spiro atoms. The van der Waals surface area contributed by atoms with Gasteiger partial charge in [0.05, 0.1) is 12.8 Å². The van der Waals surface area contributed by atoms with Crippen molar-refractivity contribution in [3.63, 3.8) is 0 Å². The molecule has 0 radical (unpaired) electrons. The maximum Gasteiger partial charge on any atom is 0.213 e. The molecule has 20 heavy (non-hydrogen) atoms. The van der Waals surface area contributed by atoms with Crippen molar-refractivity contribution in [2.24, 2.45) is 5.73 Å². The van der Waals surface area contributed by atoms with Crippen LogP contribution in [-0.4, -0.2) is 12.1 Å². The van der Waals surface area contributed by atoms with Gasteiger partial charge in [-0.25, -0.2) is 4.98 Å². The number of benzene rings is 1. The highest BCUT2D eigenvalue weighted by atomic mass is 79.9. The van der Waals surface area contributed by atoms with E-state index in [-0.39, 0.29) is 6.04 Å². The molecule has 1 aromatic heterocycles. The molecule has 0 saturated carbocycles. The summed E-state index contributed by atoms with van der Waals surface area (Å²) in [5, 5.41) is 0. The Kier molecular flexibility index (Phi) is 4.98. The molecular formula is C15H17BrN2O2. The molecule has 0 unspecified atom stereocenters. The molecule has 1 atom stereocenters. The lowest BCUT2D eigenvalue weighted by molar-refractivity contribution is 0.293. The van der Waals surface area contributed by atoms with Crippen LogP contribution >= 0.6 is 15.9 Å². The molecule has 106 valence electrons. The molecule has 0 bridgehead atoms. The summed E-state index contributed by atoms with van der Waals surface area (Å²) in [6, 6.07) is 11.3. The zero-order chi connectivity index (χ0) is 14.5. The highest BCUT2D eigenvalue weighted by molar-refractivity contribution is 9.10. The Morgan fingerprint density at radius 3 is 2.80 bits per heavy atom. The summed E-state index contributed by atoms with van der Waals surface area (Å²) in [5.74, 6) is 1.34. The minimum Gasteiger partial charge on any atom is -0.487 e. The quantitative estimate of drug-likeness (QED) is 0.908. The fraction of sp³-hybridized carbons (Fsp3) is 0.267. The number of nitrogens with zero attached hydrogens (tertiary/aromatic N) is 1. The highest BCUT2D eigenvalue weighted by Gasteiger charge is 2.09. The SMILES string of the molecule is COc1cccc(COc2cc(Br)ccc2[C@H](C)N)n1. The predicted octanol–water partition coefficient (Wildman–Crippen LogP) is 3.45. The number of hydrogen-bond donors (Lipinski definition) is 1. The third-order valence-corrected chi connectivity index (χ3v) is 3.33. The number of ether oxygens (including phenoxy) is 2. The van der Waals surface area contributed by atoms with Gasteiger partial charge in [-0.2, -0.15) is 0 Å². The van der Waals surface area contributed by atoms with Gasteiger partial charge in [0.15, 0.2) is 0 Å². The van der Waals surface area contributed by atoms with Crippen LogP contribution in [0, 0.1) is 0 Å². The highest BCUT2D eigenvalue weighted by Crippen LogP contribution is 2.28. The molecule has 5 heteroatoms. The Labute approximate surface area is 127 Å². The molecule has 0 aliphatic heterocycles. The van der Waals surface area contributed by atoms with Crippen molar-refractivity contribution >= 4 is 15.9 Å². The van der Waals surface area contributed by atoms with Crippen LogP contribution in [0.25, 0.3) is 0 Å². The Hall–Kier alpha value is -1.59. The molecule has 2 aromatic rings. The van der Waals surface area contributed by atoms with Crippen LogP contribution in [0.1, 0.15) is 24.2 Å². The van der Waals surface area contributed by atoms with Crippen molar-refractivity contribution in [1.82, 2.24) is 4.98 Å². The third kappa shape index (κ3) is 3.71. The number of pyridine rings is 1. The van der Waals surface area contributed by atoms with Gasteiger partial charge in [-0.05, 0) is 25.1 Å². The molecule has 4 nitrogen and oxygen atoms in total. The predicted molar refractivity (Wildman–Crippen MR) is 81.9 cm³/mol. The normalized spacial score (nSPS) is 12.0. The summed E-state index contributed by atoms with van der Waals surface area (Å²) < 4.78 is 11.9. The summed E-state index contributed by atoms with van der Waals surface area (Å²) in [6.45, 7) is 2.30. The molecule has 0 saturated heterocycles. The average Bonchev–Trinajstić information content (AvgIpc) is 2.45. The second kappa shape index (κ2) is 6.72. The van der Waals surface area contributed by atoms with Gasteiger partial charge in [0, 0.05) is 22.1 Å². The van der Waals surface area contributed by atoms with Gasteiger partial charge < -0.3 is 15.2 Å². The second-order valence-electron chi connectivity index (χ2n) is 4.43. The van der Waals surface area contributed by atoms with Crippen LogP contribution in [0.4, 0.5) is 0 Å². The maximum absolute atomic E-state index is 5.95. The number of methoxy groups -OCH3 is 1. The Balaban J connectivity index is 2.15. The van der Waals surface area contributed by atoms with E-state index in [0.717, 1.165) is 21.5 Å². The molecule has 0 aliphatic rings. The molecule has 0 aliphatic carbocycles. The van der Waals surface area contributed by atoms with Gasteiger partial charge in [0.2, 0.25) is 5.88 Å². The van der Waals surface area contributed by atoms with Crippen LogP contribution < -0.4 is 15.2 Å². The number of nitrogens with two attached hydrogens (primary N) is 1. The van der Waals surface area contributed by atoms with Crippen molar-refractivity contribution in [3.05, 3.63) is 52.1 Å². The van der Waals surface area contributed by atoms with E-state index in [2.05, 4.69) is 20.9 Å². The fourth-order valence-electron chi connectivity index (χ4n) is 1.81. The second-order valence-corrected chi connectivity index (χ2v) is 5.35. The van der Waals surface area contributed by atoms with Gasteiger partial charge >= 0.3 is 0 Å². The van der Waals surface area contributed by atoms with Gasteiger partial charge in [-0.1, -0.05) is 28.1 Å². The van der Waals surface area contributed by atoms with Crippen molar-refractivity contribution < 1.29 is 9.47 Å². The first-order chi connectivity index (χ1) is 9.60. The molecule has 2 rings (SSSR count). The molecule has 0 amide bonds. The zero-order valence-electron chi connectivity index (χ0n) is 11.5. The molecule has 2 N–H and O–H groups in total. The lowest BCUT2D eigenvalue weighted by Crippen LogP contribution is -2.08. The summed E-state index contributed by atoms with van der Waals surface area (Å²) in [4.78, 5) is 4.31. The third-order valence-electron chi connectivity index (χ3n) is 2.83. The van der Waals surface area contributed by atoms with Gasteiger partial charge in [-0.15, -0.1) is 0 Å². The number of aromatic nitrogens is 1. The van der Waals surface area contributed by atoms with E-state index in [0.29, 0.717) is 12.5 Å².